The lowest BCUT2D eigenvalue weighted by Crippen LogP contribution is -2.15. The molecule has 0 aliphatic rings. The van der Waals surface area contributed by atoms with Gasteiger partial charge >= 0.3 is 0 Å². The second kappa shape index (κ2) is 7.14. The number of aliphatic hydroxyl groups is 1. The molecule has 1 N–H and O–H groups in total. The average molecular weight is 342 g/mol. The lowest BCUT2D eigenvalue weighted by atomic mass is 9.93. The highest BCUT2D eigenvalue weighted by atomic mass is 35.5. The number of aliphatic hydroxyl groups excluding tert-OH is 1. The van der Waals surface area contributed by atoms with Crippen LogP contribution in [0.2, 0.25) is 5.02 Å². The third kappa shape index (κ3) is 5.29. The predicted molar refractivity (Wildman–Crippen MR) is 92.7 cm³/mol. The summed E-state index contributed by atoms with van der Waals surface area (Å²) in [7, 11) is 0. The Morgan fingerprint density at radius 1 is 1.29 bits per heavy atom. The van der Waals surface area contributed by atoms with Gasteiger partial charge in [0, 0.05) is 32.9 Å². The number of hydrogen-bond donors (Lipinski definition) is 1. The van der Waals surface area contributed by atoms with Crippen LogP contribution >= 0.6 is 34.7 Å². The van der Waals surface area contributed by atoms with Crippen LogP contribution in [0.5, 0.6) is 0 Å². The summed E-state index contributed by atoms with van der Waals surface area (Å²) < 4.78 is 0. The first-order valence-electron chi connectivity index (χ1n) is 6.86. The maximum absolute atomic E-state index is 10.2. The zero-order chi connectivity index (χ0) is 15.5. The van der Waals surface area contributed by atoms with Crippen molar-refractivity contribution in [2.45, 2.75) is 43.6 Å². The SMILES string of the molecule is CC(C)(C)c1csc(CC(O)CSc2ccc(Cl)cc2)n1. The number of benzene rings is 1. The van der Waals surface area contributed by atoms with Gasteiger partial charge in [0.15, 0.2) is 0 Å². The summed E-state index contributed by atoms with van der Waals surface area (Å²) in [4.78, 5) is 5.74. The zero-order valence-corrected chi connectivity index (χ0v) is 14.9. The number of aromatic nitrogens is 1. The second-order valence-corrected chi connectivity index (χ2v) is 8.47. The summed E-state index contributed by atoms with van der Waals surface area (Å²) in [6, 6.07) is 7.68. The maximum Gasteiger partial charge on any atom is 0.0954 e. The molecule has 21 heavy (non-hydrogen) atoms. The molecule has 114 valence electrons. The van der Waals surface area contributed by atoms with Crippen molar-refractivity contribution >= 4 is 34.7 Å². The van der Waals surface area contributed by atoms with E-state index in [0.717, 1.165) is 20.6 Å². The van der Waals surface area contributed by atoms with E-state index in [9.17, 15) is 5.11 Å². The lowest BCUT2D eigenvalue weighted by molar-refractivity contribution is 0.200. The fraction of sp³-hybridized carbons (Fsp3) is 0.438. The summed E-state index contributed by atoms with van der Waals surface area (Å²) in [5.41, 5.74) is 1.16. The molecule has 0 radical (unpaired) electrons. The summed E-state index contributed by atoms with van der Waals surface area (Å²) in [6.07, 6.45) is 0.228. The second-order valence-electron chi connectivity index (χ2n) is 6.00. The lowest BCUT2D eigenvalue weighted by Gasteiger charge is -2.14. The molecule has 0 bridgehead atoms. The van der Waals surface area contributed by atoms with E-state index < -0.39 is 0 Å². The molecule has 0 aliphatic carbocycles. The van der Waals surface area contributed by atoms with Gasteiger partial charge in [-0.15, -0.1) is 23.1 Å². The van der Waals surface area contributed by atoms with E-state index in [-0.39, 0.29) is 11.5 Å². The zero-order valence-electron chi connectivity index (χ0n) is 12.5. The predicted octanol–water partition coefficient (Wildman–Crippen LogP) is 4.79. The molecular formula is C16H20ClNOS2. The smallest absolute Gasteiger partial charge is 0.0954 e. The molecule has 1 heterocycles. The monoisotopic (exact) mass is 341 g/mol. The Balaban J connectivity index is 1.85. The third-order valence-electron chi connectivity index (χ3n) is 2.99. The van der Waals surface area contributed by atoms with Crippen molar-refractivity contribution in [1.29, 1.82) is 0 Å². The van der Waals surface area contributed by atoms with Crippen molar-refractivity contribution in [3.8, 4) is 0 Å². The molecular weight excluding hydrogens is 322 g/mol. The third-order valence-corrected chi connectivity index (χ3v) is 5.27. The highest BCUT2D eigenvalue weighted by Crippen LogP contribution is 2.26. The Kier molecular flexibility index (Phi) is 5.72. The van der Waals surface area contributed by atoms with Crippen LogP contribution in [-0.2, 0) is 11.8 Å². The minimum atomic E-state index is -0.385. The van der Waals surface area contributed by atoms with Gasteiger partial charge in [-0.2, -0.15) is 0 Å². The minimum absolute atomic E-state index is 0.0672. The van der Waals surface area contributed by atoms with Crippen molar-refractivity contribution in [2.75, 3.05) is 5.75 Å². The molecule has 0 spiro atoms. The van der Waals surface area contributed by atoms with Crippen LogP contribution in [0.4, 0.5) is 0 Å². The molecule has 1 unspecified atom stereocenters. The van der Waals surface area contributed by atoms with E-state index in [1.54, 1.807) is 23.1 Å². The summed E-state index contributed by atoms with van der Waals surface area (Å²) in [6.45, 7) is 6.45. The Labute approximate surface area is 139 Å². The van der Waals surface area contributed by atoms with Crippen LogP contribution < -0.4 is 0 Å². The standard InChI is InChI=1S/C16H20ClNOS2/c1-16(2,3)14-10-21-15(18-14)8-12(19)9-20-13-6-4-11(17)5-7-13/h4-7,10,12,19H,8-9H2,1-3H3. The van der Waals surface area contributed by atoms with E-state index in [2.05, 4.69) is 31.1 Å². The van der Waals surface area contributed by atoms with Gasteiger partial charge in [0.25, 0.3) is 0 Å². The number of nitrogens with zero attached hydrogens (tertiary/aromatic N) is 1. The van der Waals surface area contributed by atoms with Crippen LogP contribution in [0, 0.1) is 0 Å². The number of hydrogen-bond acceptors (Lipinski definition) is 4. The van der Waals surface area contributed by atoms with Gasteiger partial charge in [0.2, 0.25) is 0 Å². The highest BCUT2D eigenvalue weighted by molar-refractivity contribution is 7.99. The fourth-order valence-electron chi connectivity index (χ4n) is 1.73. The molecule has 2 aromatic rings. The quantitative estimate of drug-likeness (QED) is 0.794. The number of halogens is 1. The fourth-order valence-corrected chi connectivity index (χ4v) is 3.78. The first-order chi connectivity index (χ1) is 9.84. The molecule has 2 rings (SSSR count). The Morgan fingerprint density at radius 2 is 1.95 bits per heavy atom. The van der Waals surface area contributed by atoms with Gasteiger partial charge in [-0.25, -0.2) is 4.98 Å². The molecule has 0 saturated carbocycles. The van der Waals surface area contributed by atoms with Crippen LogP contribution in [0.25, 0.3) is 0 Å². The van der Waals surface area contributed by atoms with Crippen molar-refractivity contribution in [3.05, 3.63) is 45.4 Å². The number of thioether (sulfide) groups is 1. The first kappa shape index (κ1) is 16.8. The van der Waals surface area contributed by atoms with Gasteiger partial charge in [-0.3, -0.25) is 0 Å². The maximum atomic E-state index is 10.2. The van der Waals surface area contributed by atoms with Gasteiger partial charge in [-0.05, 0) is 24.3 Å². The summed E-state index contributed by atoms with van der Waals surface area (Å²) in [5.74, 6) is 0.659. The van der Waals surface area contributed by atoms with Crippen LogP contribution in [-0.4, -0.2) is 21.9 Å². The van der Waals surface area contributed by atoms with E-state index >= 15 is 0 Å². The first-order valence-corrected chi connectivity index (χ1v) is 9.10. The van der Waals surface area contributed by atoms with E-state index in [1.807, 2.05) is 24.3 Å². The Bertz CT molecular complexity index is 575. The summed E-state index contributed by atoms with van der Waals surface area (Å²) in [5, 5.41) is 14.0. The molecule has 1 aromatic carbocycles. The van der Waals surface area contributed by atoms with Gasteiger partial charge in [0.05, 0.1) is 16.8 Å². The van der Waals surface area contributed by atoms with Crippen molar-refractivity contribution in [2.24, 2.45) is 0 Å². The molecule has 0 amide bonds. The average Bonchev–Trinajstić information content (AvgIpc) is 2.86. The normalized spacial score (nSPS) is 13.4. The van der Waals surface area contributed by atoms with E-state index in [1.165, 1.54) is 0 Å². The van der Waals surface area contributed by atoms with Gasteiger partial charge in [-0.1, -0.05) is 32.4 Å². The van der Waals surface area contributed by atoms with Gasteiger partial charge < -0.3 is 5.11 Å². The van der Waals surface area contributed by atoms with Gasteiger partial charge in [0.1, 0.15) is 0 Å². The number of rotatable bonds is 5. The molecule has 0 aliphatic heterocycles. The van der Waals surface area contributed by atoms with E-state index in [0.29, 0.717) is 12.2 Å². The minimum Gasteiger partial charge on any atom is -0.392 e. The van der Waals surface area contributed by atoms with Crippen LogP contribution in [0.3, 0.4) is 0 Å². The Morgan fingerprint density at radius 3 is 2.52 bits per heavy atom. The van der Waals surface area contributed by atoms with Crippen LogP contribution in [0.15, 0.2) is 34.5 Å². The largest absolute Gasteiger partial charge is 0.392 e. The molecule has 5 heteroatoms. The van der Waals surface area contributed by atoms with Crippen molar-refractivity contribution in [1.82, 2.24) is 4.98 Å². The van der Waals surface area contributed by atoms with Crippen molar-refractivity contribution in [3.63, 3.8) is 0 Å². The molecule has 0 fully saturated rings. The molecule has 2 nitrogen and oxygen atoms in total. The van der Waals surface area contributed by atoms with E-state index in [4.69, 9.17) is 11.6 Å². The Hall–Kier alpha value is -0.550. The van der Waals surface area contributed by atoms with Crippen molar-refractivity contribution < 1.29 is 5.11 Å². The number of thiazole rings is 1. The molecule has 1 aromatic heterocycles. The molecule has 1 atom stereocenters. The highest BCUT2D eigenvalue weighted by Gasteiger charge is 2.18. The summed E-state index contributed by atoms with van der Waals surface area (Å²) >= 11 is 9.12. The topological polar surface area (TPSA) is 33.1 Å². The molecule has 0 saturated heterocycles. The van der Waals surface area contributed by atoms with Crippen LogP contribution in [0.1, 0.15) is 31.5 Å².